The number of aryl methyl sites for hydroxylation is 1. The van der Waals surface area contributed by atoms with Gasteiger partial charge in [-0.1, -0.05) is 13.3 Å². The van der Waals surface area contributed by atoms with Gasteiger partial charge in [-0.3, -0.25) is 0 Å². The zero-order valence-corrected chi connectivity index (χ0v) is 22.9. The lowest BCUT2D eigenvalue weighted by atomic mass is 9.82. The van der Waals surface area contributed by atoms with Gasteiger partial charge in [-0.2, -0.15) is 26.3 Å². The van der Waals surface area contributed by atoms with Gasteiger partial charge in [-0.05, 0) is 64.3 Å². The van der Waals surface area contributed by atoms with Crippen molar-refractivity contribution in [2.45, 2.75) is 90.7 Å². The number of rotatable bonds is 8. The number of halogens is 6. The number of ether oxygens (including phenoxy) is 1. The number of aromatic nitrogens is 4. The molecule has 0 aliphatic heterocycles. The average Bonchev–Trinajstić information content (AvgIpc) is 3.23. The molecular formula is C24H36F6N6O5. The van der Waals surface area contributed by atoms with E-state index in [1.807, 2.05) is 13.8 Å². The number of nitrogen functional groups attached to an aromatic ring is 1. The van der Waals surface area contributed by atoms with E-state index in [0.717, 1.165) is 49.2 Å². The van der Waals surface area contributed by atoms with Gasteiger partial charge in [0.1, 0.15) is 16.9 Å². The van der Waals surface area contributed by atoms with Crippen LogP contribution in [0.3, 0.4) is 0 Å². The van der Waals surface area contributed by atoms with E-state index in [9.17, 15) is 26.3 Å². The molecular weight excluding hydrogens is 566 g/mol. The highest BCUT2D eigenvalue weighted by Crippen LogP contribution is 2.34. The molecule has 1 saturated carbocycles. The molecule has 1 aliphatic carbocycles. The van der Waals surface area contributed by atoms with E-state index in [1.54, 1.807) is 0 Å². The van der Waals surface area contributed by atoms with Crippen LogP contribution in [0.1, 0.15) is 65.1 Å². The number of nitrogens with two attached hydrogens (primary N) is 2. The zero-order chi connectivity index (χ0) is 31.5. The molecule has 6 N–H and O–H groups in total. The van der Waals surface area contributed by atoms with E-state index >= 15 is 0 Å². The van der Waals surface area contributed by atoms with Crippen molar-refractivity contribution in [2.24, 2.45) is 17.6 Å². The minimum Gasteiger partial charge on any atom is -0.475 e. The molecule has 0 aromatic carbocycles. The molecule has 0 amide bonds. The van der Waals surface area contributed by atoms with Gasteiger partial charge in [0.05, 0.1) is 6.10 Å². The Labute approximate surface area is 232 Å². The molecule has 3 rings (SSSR count). The molecule has 234 valence electrons. The lowest BCUT2D eigenvalue weighted by Gasteiger charge is -2.28. The maximum Gasteiger partial charge on any atom is 0.490 e. The number of anilines is 1. The summed E-state index contributed by atoms with van der Waals surface area (Å²) in [7, 11) is 0. The predicted molar refractivity (Wildman–Crippen MR) is 136 cm³/mol. The number of aliphatic carboxylic acids is 2. The van der Waals surface area contributed by atoms with Gasteiger partial charge in [-0.25, -0.2) is 14.6 Å². The molecule has 0 spiro atoms. The van der Waals surface area contributed by atoms with Crippen LogP contribution in [0, 0.1) is 11.8 Å². The summed E-state index contributed by atoms with van der Waals surface area (Å²) in [6, 6.07) is 0. The molecule has 41 heavy (non-hydrogen) atoms. The number of carbonyl (C=O) groups is 2. The SMILES string of the molecule is CCCCc1nc2c(N)nnc(OC(C)C)c2n1CC1CCC(CN)CC1.O=C(O)C(F)(F)F.O=C(O)C(F)(F)F. The number of hydrogen-bond donors (Lipinski definition) is 4. The minimum atomic E-state index is -5.08. The molecule has 1 fully saturated rings. The number of nitrogens with zero attached hydrogens (tertiary/aromatic N) is 4. The summed E-state index contributed by atoms with van der Waals surface area (Å²) in [6.07, 6.45) is -2.12. The average molecular weight is 603 g/mol. The molecule has 0 atom stereocenters. The normalized spacial score (nSPS) is 17.3. The van der Waals surface area contributed by atoms with Gasteiger partial charge >= 0.3 is 24.3 Å². The van der Waals surface area contributed by atoms with Crippen LogP contribution in [-0.2, 0) is 22.6 Å². The number of carboxylic acid groups (broad SMARTS) is 2. The van der Waals surface area contributed by atoms with E-state index in [2.05, 4.69) is 21.7 Å². The van der Waals surface area contributed by atoms with Crippen LogP contribution in [0.15, 0.2) is 0 Å². The van der Waals surface area contributed by atoms with Crippen LogP contribution < -0.4 is 16.2 Å². The fraction of sp³-hybridized carbons (Fsp3) is 0.708. The highest BCUT2D eigenvalue weighted by molar-refractivity contribution is 5.88. The highest BCUT2D eigenvalue weighted by Gasteiger charge is 2.39. The second-order valence-corrected chi connectivity index (χ2v) is 9.72. The number of fused-ring (bicyclic) bond motifs is 1. The molecule has 0 saturated heterocycles. The predicted octanol–water partition coefficient (Wildman–Crippen LogP) is 4.57. The first-order valence-electron chi connectivity index (χ1n) is 12.9. The van der Waals surface area contributed by atoms with Crippen molar-refractivity contribution in [3.63, 3.8) is 0 Å². The summed E-state index contributed by atoms with van der Waals surface area (Å²) in [6.45, 7) is 7.94. The molecule has 0 radical (unpaired) electrons. The zero-order valence-electron chi connectivity index (χ0n) is 22.9. The number of hydrogen-bond acceptors (Lipinski definition) is 8. The summed E-state index contributed by atoms with van der Waals surface area (Å²) in [5.74, 6) is -2.21. The van der Waals surface area contributed by atoms with Gasteiger partial charge in [0.25, 0.3) is 5.88 Å². The van der Waals surface area contributed by atoms with Crippen molar-refractivity contribution in [1.82, 2.24) is 19.7 Å². The fourth-order valence-electron chi connectivity index (χ4n) is 4.02. The van der Waals surface area contributed by atoms with Gasteiger partial charge < -0.3 is 31.0 Å². The van der Waals surface area contributed by atoms with Crippen LogP contribution in [0.5, 0.6) is 5.88 Å². The Hall–Kier alpha value is -3.37. The fourth-order valence-corrected chi connectivity index (χ4v) is 4.02. The van der Waals surface area contributed by atoms with Crippen molar-refractivity contribution in [3.8, 4) is 5.88 Å². The number of alkyl halides is 6. The topological polar surface area (TPSA) is 179 Å². The monoisotopic (exact) mass is 602 g/mol. The minimum absolute atomic E-state index is 0.0218. The largest absolute Gasteiger partial charge is 0.490 e. The molecule has 2 aromatic rings. The van der Waals surface area contributed by atoms with Gasteiger partial charge in [0.15, 0.2) is 5.82 Å². The third-order valence-electron chi connectivity index (χ3n) is 6.07. The highest BCUT2D eigenvalue weighted by atomic mass is 19.4. The Morgan fingerprint density at radius 3 is 1.90 bits per heavy atom. The van der Waals surface area contributed by atoms with Crippen LogP contribution >= 0.6 is 0 Å². The Morgan fingerprint density at radius 1 is 1.00 bits per heavy atom. The number of unbranched alkanes of at least 4 members (excludes halogenated alkanes) is 1. The van der Waals surface area contributed by atoms with Crippen molar-refractivity contribution in [1.29, 1.82) is 0 Å². The van der Waals surface area contributed by atoms with Crippen LogP contribution in [-0.4, -0.2) is 66.9 Å². The van der Waals surface area contributed by atoms with Crippen LogP contribution in [0.2, 0.25) is 0 Å². The van der Waals surface area contributed by atoms with Crippen molar-refractivity contribution in [2.75, 3.05) is 12.3 Å². The van der Waals surface area contributed by atoms with Crippen LogP contribution in [0.4, 0.5) is 32.2 Å². The van der Waals surface area contributed by atoms with Gasteiger partial charge in [-0.15, -0.1) is 10.2 Å². The summed E-state index contributed by atoms with van der Waals surface area (Å²) < 4.78 is 71.7. The Kier molecular flexibility index (Phi) is 13.6. The first kappa shape index (κ1) is 35.7. The lowest BCUT2D eigenvalue weighted by Crippen LogP contribution is -2.24. The summed E-state index contributed by atoms with van der Waals surface area (Å²) in [5.41, 5.74) is 13.6. The first-order chi connectivity index (χ1) is 18.9. The van der Waals surface area contributed by atoms with Gasteiger partial charge in [0.2, 0.25) is 0 Å². The standard InChI is InChI=1S/C20H34N6O.2C2HF3O2/c1-4-5-6-16-23-17-18(20(27-13(2)3)25-24-19(17)22)26(16)12-15-9-7-14(11-21)8-10-15;2*3-2(4,5)1(6)7/h13-15H,4-12,21H2,1-3H3,(H2,22,24);2*(H,6,7). The summed E-state index contributed by atoms with van der Waals surface area (Å²) >= 11 is 0. The quantitative estimate of drug-likeness (QED) is 0.313. The second-order valence-electron chi connectivity index (χ2n) is 9.72. The lowest BCUT2D eigenvalue weighted by molar-refractivity contribution is -0.193. The molecule has 17 heteroatoms. The van der Waals surface area contributed by atoms with Crippen molar-refractivity contribution in [3.05, 3.63) is 5.82 Å². The van der Waals surface area contributed by atoms with E-state index in [4.69, 9.17) is 41.0 Å². The summed E-state index contributed by atoms with van der Waals surface area (Å²) in [5, 5.41) is 22.6. The third kappa shape index (κ3) is 11.6. The smallest absolute Gasteiger partial charge is 0.475 e. The number of imidazole rings is 1. The van der Waals surface area contributed by atoms with E-state index in [1.165, 1.54) is 25.7 Å². The van der Waals surface area contributed by atoms with E-state index < -0.39 is 24.3 Å². The Balaban J connectivity index is 0.000000497. The molecule has 0 bridgehead atoms. The molecule has 0 unspecified atom stereocenters. The van der Waals surface area contributed by atoms with Crippen molar-refractivity contribution >= 4 is 28.8 Å². The number of carboxylic acids is 2. The van der Waals surface area contributed by atoms with E-state index in [-0.39, 0.29) is 6.10 Å². The maximum atomic E-state index is 10.6. The second kappa shape index (κ2) is 15.6. The first-order valence-corrected chi connectivity index (χ1v) is 12.9. The third-order valence-corrected chi connectivity index (χ3v) is 6.07. The summed E-state index contributed by atoms with van der Waals surface area (Å²) in [4.78, 5) is 22.6. The van der Waals surface area contributed by atoms with Crippen molar-refractivity contribution < 1.29 is 50.9 Å². The molecule has 11 nitrogen and oxygen atoms in total. The molecule has 2 heterocycles. The molecule has 1 aliphatic rings. The van der Waals surface area contributed by atoms with Gasteiger partial charge in [0, 0.05) is 13.0 Å². The van der Waals surface area contributed by atoms with Crippen LogP contribution in [0.25, 0.3) is 11.0 Å². The molecule has 2 aromatic heterocycles. The Bertz CT molecular complexity index is 1110. The maximum absolute atomic E-state index is 10.6. The Morgan fingerprint density at radius 2 is 1.49 bits per heavy atom. The van der Waals surface area contributed by atoms with E-state index in [0.29, 0.717) is 23.5 Å².